The van der Waals surface area contributed by atoms with Gasteiger partial charge in [0.05, 0.1) is 24.3 Å². The predicted octanol–water partition coefficient (Wildman–Crippen LogP) is 5.01. The zero-order valence-electron chi connectivity index (χ0n) is 16.3. The number of nitrogens with one attached hydrogen (secondary N) is 1. The van der Waals surface area contributed by atoms with Crippen molar-refractivity contribution >= 4 is 34.1 Å². The third kappa shape index (κ3) is 5.29. The number of ether oxygens (including phenoxy) is 1. The molecule has 1 amide bonds. The Morgan fingerprint density at radius 3 is 2.41 bits per heavy atom. The highest BCUT2D eigenvalue weighted by molar-refractivity contribution is 6.13. The second-order valence-electron chi connectivity index (χ2n) is 6.75. The molecule has 0 bridgehead atoms. The monoisotopic (exact) mass is 389 g/mol. The Morgan fingerprint density at radius 1 is 0.897 bits per heavy atom. The lowest BCUT2D eigenvalue weighted by molar-refractivity contribution is -0.115. The van der Waals surface area contributed by atoms with E-state index >= 15 is 0 Å². The van der Waals surface area contributed by atoms with Crippen LogP contribution in [0.5, 0.6) is 0 Å². The molecule has 29 heavy (non-hydrogen) atoms. The molecule has 0 atom stereocenters. The second-order valence-corrected chi connectivity index (χ2v) is 6.75. The number of benzene rings is 3. The number of hydrogen-bond donors (Lipinski definition) is 1. The van der Waals surface area contributed by atoms with Crippen LogP contribution in [0, 0.1) is 0 Å². The van der Waals surface area contributed by atoms with Gasteiger partial charge in [0.1, 0.15) is 0 Å². The van der Waals surface area contributed by atoms with Gasteiger partial charge >= 0.3 is 5.97 Å². The smallest absolute Gasteiger partial charge is 0.340 e. The van der Waals surface area contributed by atoms with E-state index in [1.807, 2.05) is 37.3 Å². The highest BCUT2D eigenvalue weighted by atomic mass is 16.5. The maximum atomic E-state index is 12.5. The first-order valence-electron chi connectivity index (χ1n) is 9.66. The largest absolute Gasteiger partial charge is 0.462 e. The van der Waals surface area contributed by atoms with Crippen LogP contribution >= 0.6 is 0 Å². The summed E-state index contributed by atoms with van der Waals surface area (Å²) in [6, 6.07) is 19.7. The second kappa shape index (κ2) is 9.64. The average molecular weight is 389 g/mol. The van der Waals surface area contributed by atoms with Gasteiger partial charge in [-0.15, -0.1) is 0 Å². The van der Waals surface area contributed by atoms with Crippen LogP contribution < -0.4 is 5.32 Å². The van der Waals surface area contributed by atoms with Crippen molar-refractivity contribution in [2.45, 2.75) is 26.2 Å². The Morgan fingerprint density at radius 2 is 1.62 bits per heavy atom. The number of unbranched alkanes of at least 4 members (excludes halogenated alkanes) is 1. The number of Topliss-reactive ketones (excluding diaryl/α,β-unsaturated/α-hetero) is 1. The van der Waals surface area contributed by atoms with Gasteiger partial charge < -0.3 is 10.1 Å². The molecule has 0 fully saturated rings. The number of esters is 1. The van der Waals surface area contributed by atoms with E-state index < -0.39 is 11.9 Å². The van der Waals surface area contributed by atoms with Crippen molar-refractivity contribution < 1.29 is 19.1 Å². The molecule has 1 N–H and O–H groups in total. The highest BCUT2D eigenvalue weighted by Gasteiger charge is 2.17. The number of carbonyl (C=O) groups is 3. The molecule has 0 heterocycles. The summed E-state index contributed by atoms with van der Waals surface area (Å²) in [5.41, 5.74) is 1.09. The van der Waals surface area contributed by atoms with Crippen molar-refractivity contribution in [2.75, 3.05) is 11.9 Å². The highest BCUT2D eigenvalue weighted by Crippen LogP contribution is 2.19. The number of carbonyl (C=O) groups excluding carboxylic acids is 3. The minimum Gasteiger partial charge on any atom is -0.462 e. The quantitative estimate of drug-likeness (QED) is 0.254. The van der Waals surface area contributed by atoms with Gasteiger partial charge in [0, 0.05) is 5.56 Å². The maximum Gasteiger partial charge on any atom is 0.340 e. The molecule has 5 nitrogen and oxygen atoms in total. The molecule has 0 saturated heterocycles. The molecule has 3 aromatic rings. The van der Waals surface area contributed by atoms with Crippen molar-refractivity contribution in [3.63, 3.8) is 0 Å². The number of rotatable bonds is 8. The number of amides is 1. The summed E-state index contributed by atoms with van der Waals surface area (Å²) in [5.74, 6) is -1.25. The fourth-order valence-corrected chi connectivity index (χ4v) is 2.96. The summed E-state index contributed by atoms with van der Waals surface area (Å²) in [4.78, 5) is 37.2. The van der Waals surface area contributed by atoms with Crippen molar-refractivity contribution in [3.05, 3.63) is 77.9 Å². The Kier molecular flexibility index (Phi) is 6.74. The predicted molar refractivity (Wildman–Crippen MR) is 113 cm³/mol. The van der Waals surface area contributed by atoms with Crippen molar-refractivity contribution in [3.8, 4) is 0 Å². The van der Waals surface area contributed by atoms with Gasteiger partial charge in [0.25, 0.3) is 0 Å². The zero-order chi connectivity index (χ0) is 20.6. The first-order valence-corrected chi connectivity index (χ1v) is 9.66. The van der Waals surface area contributed by atoms with Gasteiger partial charge in [-0.1, -0.05) is 61.9 Å². The number of fused-ring (bicyclic) bond motifs is 1. The fourth-order valence-electron chi connectivity index (χ4n) is 2.96. The van der Waals surface area contributed by atoms with Gasteiger partial charge in [-0.25, -0.2) is 4.79 Å². The summed E-state index contributed by atoms with van der Waals surface area (Å²) in [5, 5.41) is 4.63. The van der Waals surface area contributed by atoms with E-state index in [1.54, 1.807) is 36.4 Å². The lowest BCUT2D eigenvalue weighted by atomic mass is 10.0. The van der Waals surface area contributed by atoms with Gasteiger partial charge in [-0.3, -0.25) is 9.59 Å². The summed E-state index contributed by atoms with van der Waals surface area (Å²) in [6.45, 7) is 2.34. The summed E-state index contributed by atoms with van der Waals surface area (Å²) in [7, 11) is 0. The first kappa shape index (κ1) is 20.3. The Hall–Kier alpha value is -3.47. The average Bonchev–Trinajstić information content (AvgIpc) is 2.73. The summed E-state index contributed by atoms with van der Waals surface area (Å²) in [6.07, 6.45) is 1.39. The molecule has 0 aromatic heterocycles. The number of para-hydroxylation sites is 1. The van der Waals surface area contributed by atoms with Crippen LogP contribution in [0.1, 0.15) is 46.9 Å². The van der Waals surface area contributed by atoms with Crippen LogP contribution in [0.15, 0.2) is 66.7 Å². The molecule has 0 aliphatic heterocycles. The van der Waals surface area contributed by atoms with E-state index in [0.717, 1.165) is 23.6 Å². The van der Waals surface area contributed by atoms with Crippen LogP contribution in [-0.2, 0) is 9.53 Å². The molecule has 5 heteroatoms. The van der Waals surface area contributed by atoms with Crippen molar-refractivity contribution in [1.29, 1.82) is 0 Å². The topological polar surface area (TPSA) is 72.5 Å². The molecule has 0 unspecified atom stereocenters. The lowest BCUT2D eigenvalue weighted by Crippen LogP contribution is -2.19. The van der Waals surface area contributed by atoms with Crippen LogP contribution in [0.4, 0.5) is 5.69 Å². The van der Waals surface area contributed by atoms with E-state index in [-0.39, 0.29) is 17.8 Å². The lowest BCUT2D eigenvalue weighted by Gasteiger charge is -2.11. The molecule has 0 aliphatic rings. The van der Waals surface area contributed by atoms with E-state index in [1.165, 1.54) is 0 Å². The molecule has 3 rings (SSSR count). The maximum absolute atomic E-state index is 12.5. The van der Waals surface area contributed by atoms with Crippen LogP contribution in [0.2, 0.25) is 0 Å². The first-order chi connectivity index (χ1) is 14.1. The van der Waals surface area contributed by atoms with Gasteiger partial charge in [0.2, 0.25) is 5.91 Å². The van der Waals surface area contributed by atoms with Crippen molar-refractivity contribution in [1.82, 2.24) is 0 Å². The van der Waals surface area contributed by atoms with Crippen LogP contribution in [0.25, 0.3) is 10.8 Å². The summed E-state index contributed by atoms with van der Waals surface area (Å²) < 4.78 is 5.22. The van der Waals surface area contributed by atoms with Gasteiger partial charge in [-0.05, 0) is 35.4 Å². The van der Waals surface area contributed by atoms with E-state index in [9.17, 15) is 14.4 Å². The minimum atomic E-state index is -0.491. The molecular formula is C24H23NO4. The number of hydrogen-bond acceptors (Lipinski definition) is 4. The standard InChI is InChI=1S/C24H23NO4/c1-2-3-14-29-24(28)20-10-6-7-11-21(20)25-23(27)16-22(26)19-13-12-17-8-4-5-9-18(17)15-19/h4-13,15H,2-3,14,16H2,1H3,(H,25,27). The molecule has 148 valence electrons. The Balaban J connectivity index is 1.67. The van der Waals surface area contributed by atoms with Crippen LogP contribution in [-0.4, -0.2) is 24.3 Å². The molecular weight excluding hydrogens is 366 g/mol. The zero-order valence-corrected chi connectivity index (χ0v) is 16.3. The van der Waals surface area contributed by atoms with E-state index in [4.69, 9.17) is 4.74 Å². The van der Waals surface area contributed by atoms with Gasteiger partial charge in [0.15, 0.2) is 5.78 Å². The molecule has 0 radical (unpaired) electrons. The number of anilines is 1. The Labute approximate surface area is 169 Å². The third-order valence-corrected chi connectivity index (χ3v) is 4.54. The fraction of sp³-hybridized carbons (Fsp3) is 0.208. The molecule has 3 aromatic carbocycles. The third-order valence-electron chi connectivity index (χ3n) is 4.54. The minimum absolute atomic E-state index is 0.273. The Bertz CT molecular complexity index is 1040. The SMILES string of the molecule is CCCCOC(=O)c1ccccc1NC(=O)CC(=O)c1ccc2ccccc2c1. The van der Waals surface area contributed by atoms with Crippen molar-refractivity contribution in [2.24, 2.45) is 0 Å². The van der Waals surface area contributed by atoms with E-state index in [2.05, 4.69) is 5.32 Å². The normalized spacial score (nSPS) is 10.5. The summed E-state index contributed by atoms with van der Waals surface area (Å²) >= 11 is 0. The molecule has 0 aliphatic carbocycles. The van der Waals surface area contributed by atoms with Crippen LogP contribution in [0.3, 0.4) is 0 Å². The van der Waals surface area contributed by atoms with E-state index in [0.29, 0.717) is 17.9 Å². The molecule has 0 saturated carbocycles. The van der Waals surface area contributed by atoms with Gasteiger partial charge in [-0.2, -0.15) is 0 Å². The number of ketones is 1. The molecule has 0 spiro atoms.